The number of carbonyl (C=O) groups excluding carboxylic acids is 1. The maximum atomic E-state index is 12.8. The maximum Gasteiger partial charge on any atom is 0.237 e. The van der Waals surface area contributed by atoms with E-state index in [4.69, 9.17) is 0 Å². The number of hydrogen-bond donors (Lipinski definition) is 2. The van der Waals surface area contributed by atoms with Crippen molar-refractivity contribution in [3.05, 3.63) is 71.3 Å². The molecule has 1 amide bonds. The molecule has 1 aliphatic carbocycles. The van der Waals surface area contributed by atoms with Gasteiger partial charge in [-0.2, -0.15) is 0 Å². The van der Waals surface area contributed by atoms with E-state index in [9.17, 15) is 4.79 Å². The smallest absolute Gasteiger partial charge is 0.237 e. The molecule has 0 saturated carbocycles. The fourth-order valence-electron chi connectivity index (χ4n) is 5.05. The molecule has 1 saturated heterocycles. The molecule has 1 aliphatic heterocycles. The van der Waals surface area contributed by atoms with E-state index in [1.807, 2.05) is 6.92 Å². The Labute approximate surface area is 192 Å². The lowest BCUT2D eigenvalue weighted by Crippen LogP contribution is -2.48. The van der Waals surface area contributed by atoms with E-state index in [1.165, 1.54) is 22.4 Å². The van der Waals surface area contributed by atoms with Crippen molar-refractivity contribution in [3.63, 3.8) is 0 Å². The lowest BCUT2D eigenvalue weighted by Gasteiger charge is -2.29. The van der Waals surface area contributed by atoms with Crippen molar-refractivity contribution < 1.29 is 4.79 Å². The molecule has 2 N–H and O–H groups in total. The molecule has 32 heavy (non-hydrogen) atoms. The number of benzene rings is 2. The first kappa shape index (κ1) is 22.6. The first-order valence-corrected chi connectivity index (χ1v) is 11.8. The summed E-state index contributed by atoms with van der Waals surface area (Å²) in [6.45, 7) is 4.41. The highest BCUT2D eigenvalue weighted by Gasteiger charge is 2.41. The van der Waals surface area contributed by atoms with Gasteiger partial charge in [0.05, 0.1) is 6.04 Å². The quantitative estimate of drug-likeness (QED) is 0.673. The zero-order chi connectivity index (χ0) is 22.5. The Bertz CT molecular complexity index is 912. The Hall–Kier alpha value is -2.63. The van der Waals surface area contributed by atoms with Crippen molar-refractivity contribution in [1.82, 2.24) is 15.5 Å². The summed E-state index contributed by atoms with van der Waals surface area (Å²) in [6.07, 6.45) is 7.29. The number of amides is 1. The van der Waals surface area contributed by atoms with Gasteiger partial charge in [-0.1, -0.05) is 48.6 Å². The monoisotopic (exact) mass is 432 g/mol. The number of hydrogen-bond acceptors (Lipinski definition) is 4. The summed E-state index contributed by atoms with van der Waals surface area (Å²) in [5, 5.41) is 6.72. The molecule has 2 aliphatic rings. The second-order valence-electron chi connectivity index (χ2n) is 9.17. The Morgan fingerprint density at radius 1 is 1.09 bits per heavy atom. The summed E-state index contributed by atoms with van der Waals surface area (Å²) in [6, 6.07) is 18.0. The van der Waals surface area contributed by atoms with E-state index in [1.54, 1.807) is 0 Å². The van der Waals surface area contributed by atoms with Crippen molar-refractivity contribution in [1.29, 1.82) is 0 Å². The molecule has 0 unspecified atom stereocenters. The summed E-state index contributed by atoms with van der Waals surface area (Å²) in [5.74, 6) is 0.171. The summed E-state index contributed by atoms with van der Waals surface area (Å²) in [4.78, 5) is 17.4. The van der Waals surface area contributed by atoms with Gasteiger partial charge in [0.15, 0.2) is 0 Å². The second kappa shape index (κ2) is 10.3. The van der Waals surface area contributed by atoms with Gasteiger partial charge in [0, 0.05) is 51.5 Å². The first-order valence-electron chi connectivity index (χ1n) is 11.8. The maximum absolute atomic E-state index is 12.8. The molecule has 0 radical (unpaired) electrons. The summed E-state index contributed by atoms with van der Waals surface area (Å²) >= 11 is 0. The number of rotatable bonds is 8. The van der Waals surface area contributed by atoms with Crippen LogP contribution in [-0.2, 0) is 17.6 Å². The number of carbonyl (C=O) groups is 1. The van der Waals surface area contributed by atoms with Gasteiger partial charge in [0.1, 0.15) is 0 Å². The highest BCUT2D eigenvalue weighted by Crippen LogP contribution is 2.30. The van der Waals surface area contributed by atoms with Crippen molar-refractivity contribution in [2.45, 2.75) is 44.3 Å². The van der Waals surface area contributed by atoms with Gasteiger partial charge in [0.2, 0.25) is 5.91 Å². The van der Waals surface area contributed by atoms with Gasteiger partial charge < -0.3 is 15.5 Å². The number of fused-ring (bicyclic) bond motifs is 1. The molecule has 2 aromatic carbocycles. The third-order valence-electron chi connectivity index (χ3n) is 6.74. The zero-order valence-corrected chi connectivity index (χ0v) is 19.6. The van der Waals surface area contributed by atoms with Gasteiger partial charge in [-0.15, -0.1) is 0 Å². The number of likely N-dealkylation sites (tertiary alicyclic amines) is 1. The van der Waals surface area contributed by atoms with Crippen LogP contribution in [-0.4, -0.2) is 62.7 Å². The molecule has 5 heteroatoms. The molecular weight excluding hydrogens is 396 g/mol. The van der Waals surface area contributed by atoms with E-state index in [2.05, 4.69) is 95.2 Å². The second-order valence-corrected chi connectivity index (χ2v) is 9.17. The third-order valence-corrected chi connectivity index (χ3v) is 6.74. The minimum Gasteiger partial charge on any atom is -0.378 e. The molecule has 5 nitrogen and oxygen atoms in total. The Kier molecular flexibility index (Phi) is 7.28. The molecule has 4 rings (SSSR count). The number of nitrogens with zero attached hydrogens (tertiary/aromatic N) is 2. The van der Waals surface area contributed by atoms with Gasteiger partial charge >= 0.3 is 0 Å². The van der Waals surface area contributed by atoms with Gasteiger partial charge in [0.25, 0.3) is 0 Å². The first-order chi connectivity index (χ1) is 15.5. The highest BCUT2D eigenvalue weighted by atomic mass is 16.2. The Morgan fingerprint density at radius 3 is 2.41 bits per heavy atom. The van der Waals surface area contributed by atoms with E-state index in [0.717, 1.165) is 32.4 Å². The lowest BCUT2D eigenvalue weighted by atomic mass is 10.1. The molecule has 2 aromatic rings. The van der Waals surface area contributed by atoms with Crippen LogP contribution in [0.5, 0.6) is 0 Å². The van der Waals surface area contributed by atoms with Gasteiger partial charge in [-0.25, -0.2) is 0 Å². The van der Waals surface area contributed by atoms with E-state index in [-0.39, 0.29) is 11.9 Å². The van der Waals surface area contributed by atoms with E-state index >= 15 is 0 Å². The molecule has 1 heterocycles. The fraction of sp³-hybridized carbons (Fsp3) is 0.444. The minimum absolute atomic E-state index is 0.0469. The Balaban J connectivity index is 1.35. The van der Waals surface area contributed by atoms with Crippen LogP contribution in [0.4, 0.5) is 5.69 Å². The van der Waals surface area contributed by atoms with Crippen LogP contribution < -0.4 is 15.5 Å². The number of nitrogens with one attached hydrogen (secondary N) is 2. The topological polar surface area (TPSA) is 47.6 Å². The average molecular weight is 433 g/mol. The van der Waals surface area contributed by atoms with Crippen LogP contribution in [0.3, 0.4) is 0 Å². The van der Waals surface area contributed by atoms with Crippen molar-refractivity contribution >= 4 is 17.7 Å². The average Bonchev–Trinajstić information content (AvgIpc) is 3.41. The fourth-order valence-corrected chi connectivity index (χ4v) is 5.05. The van der Waals surface area contributed by atoms with Gasteiger partial charge in [-0.3, -0.25) is 9.69 Å². The summed E-state index contributed by atoms with van der Waals surface area (Å²) in [7, 11) is 4.11. The van der Waals surface area contributed by atoms with Crippen molar-refractivity contribution in [2.24, 2.45) is 0 Å². The van der Waals surface area contributed by atoms with Crippen molar-refractivity contribution in [2.75, 3.05) is 38.6 Å². The highest BCUT2D eigenvalue weighted by molar-refractivity contribution is 5.82. The summed E-state index contributed by atoms with van der Waals surface area (Å²) in [5.41, 5.74) is 5.28. The lowest BCUT2D eigenvalue weighted by molar-refractivity contribution is -0.126. The number of likely N-dealkylation sites (N-methyl/N-ethyl adjacent to an activating group) is 1. The van der Waals surface area contributed by atoms with Crippen LogP contribution in [0.25, 0.3) is 6.08 Å². The van der Waals surface area contributed by atoms with Crippen LogP contribution in [0.15, 0.2) is 54.6 Å². The minimum atomic E-state index is -0.0469. The Morgan fingerprint density at radius 2 is 1.78 bits per heavy atom. The molecule has 1 fully saturated rings. The largest absolute Gasteiger partial charge is 0.378 e. The predicted molar refractivity (Wildman–Crippen MR) is 133 cm³/mol. The van der Waals surface area contributed by atoms with Crippen LogP contribution in [0.2, 0.25) is 0 Å². The standard InChI is InChI=1S/C27H36N4O/c1-4-28-27(32)26-18-23(19-31(26)25-16-21-9-5-6-10-22(21)17-25)29-15-7-8-20-11-13-24(14-12-20)30(2)3/h5-14,23,25-26,29H,4,15-19H2,1-3H3,(H,28,32)/b8-7+/t23-,26+/m1/s1. The van der Waals surface area contributed by atoms with E-state index in [0.29, 0.717) is 18.6 Å². The van der Waals surface area contributed by atoms with E-state index < -0.39 is 0 Å². The zero-order valence-electron chi connectivity index (χ0n) is 19.6. The SMILES string of the molecule is CCNC(=O)[C@@H]1C[C@@H](NC/C=C/c2ccc(N(C)C)cc2)CN1C1Cc2ccccc2C1. The normalized spacial score (nSPS) is 21.2. The molecule has 170 valence electrons. The third kappa shape index (κ3) is 5.22. The van der Waals surface area contributed by atoms with Crippen LogP contribution in [0, 0.1) is 0 Å². The molecule has 2 atom stereocenters. The van der Waals surface area contributed by atoms with Gasteiger partial charge in [-0.05, 0) is 55.0 Å². The predicted octanol–water partition coefficient (Wildman–Crippen LogP) is 3.10. The van der Waals surface area contributed by atoms with Crippen LogP contribution in [0.1, 0.15) is 30.0 Å². The molecule has 0 aromatic heterocycles. The number of anilines is 1. The molecular formula is C27H36N4O. The molecule has 0 bridgehead atoms. The molecule has 0 spiro atoms. The van der Waals surface area contributed by atoms with Crippen molar-refractivity contribution in [3.8, 4) is 0 Å². The summed E-state index contributed by atoms with van der Waals surface area (Å²) < 4.78 is 0. The van der Waals surface area contributed by atoms with Crippen LogP contribution >= 0.6 is 0 Å².